The van der Waals surface area contributed by atoms with E-state index in [1.54, 1.807) is 11.8 Å². The van der Waals surface area contributed by atoms with Gasteiger partial charge in [-0.1, -0.05) is 51.6 Å². The van der Waals surface area contributed by atoms with E-state index in [4.69, 9.17) is 5.73 Å². The van der Waals surface area contributed by atoms with E-state index in [9.17, 15) is 0 Å². The van der Waals surface area contributed by atoms with E-state index in [0.717, 1.165) is 22.8 Å². The average Bonchev–Trinajstić information content (AvgIpc) is 2.43. The fourth-order valence-electron chi connectivity index (χ4n) is 1.95. The minimum absolute atomic E-state index is 0.174. The molecule has 0 saturated carbocycles. The molecule has 4 heteroatoms. The van der Waals surface area contributed by atoms with Crippen LogP contribution in [0.3, 0.4) is 0 Å². The first-order valence-corrected chi connectivity index (χ1v) is 8.04. The molecule has 0 aliphatic rings. The Kier molecular flexibility index (Phi) is 4.57. The van der Waals surface area contributed by atoms with Gasteiger partial charge in [-0.15, -0.1) is 0 Å². The highest BCUT2D eigenvalue weighted by Gasteiger charge is 2.14. The molecule has 112 valence electrons. The Labute approximate surface area is 131 Å². The highest BCUT2D eigenvalue weighted by molar-refractivity contribution is 7.99. The van der Waals surface area contributed by atoms with Crippen LogP contribution in [0, 0.1) is 6.92 Å². The van der Waals surface area contributed by atoms with Gasteiger partial charge in [0.15, 0.2) is 0 Å². The van der Waals surface area contributed by atoms with Crippen molar-refractivity contribution in [3.05, 3.63) is 41.2 Å². The van der Waals surface area contributed by atoms with Crippen LogP contribution < -0.4 is 5.73 Å². The molecular weight excluding hydrogens is 278 g/mol. The van der Waals surface area contributed by atoms with E-state index >= 15 is 0 Å². The molecule has 0 unspecified atom stereocenters. The number of nitrogen functional groups attached to an aromatic ring is 1. The zero-order valence-corrected chi connectivity index (χ0v) is 14.2. The van der Waals surface area contributed by atoms with Gasteiger partial charge in [-0.05, 0) is 30.0 Å². The largest absolute Gasteiger partial charge is 0.383 e. The minimum Gasteiger partial charge on any atom is -0.383 e. The van der Waals surface area contributed by atoms with Gasteiger partial charge in [-0.3, -0.25) is 0 Å². The molecule has 21 heavy (non-hydrogen) atoms. The van der Waals surface area contributed by atoms with Gasteiger partial charge < -0.3 is 5.73 Å². The van der Waals surface area contributed by atoms with Gasteiger partial charge in [0.2, 0.25) is 0 Å². The molecule has 2 rings (SSSR count). The SMILES string of the molecule is CCc1nc(N)c(C)c(Sc2ccc(C(C)(C)C)cc2)n1. The van der Waals surface area contributed by atoms with Crippen molar-refractivity contribution in [2.75, 3.05) is 5.73 Å². The zero-order valence-electron chi connectivity index (χ0n) is 13.4. The Hall–Kier alpha value is -1.55. The Bertz CT molecular complexity index is 628. The number of hydrogen-bond donors (Lipinski definition) is 1. The van der Waals surface area contributed by atoms with Gasteiger partial charge >= 0.3 is 0 Å². The van der Waals surface area contributed by atoms with Crippen molar-refractivity contribution >= 4 is 17.6 Å². The predicted molar refractivity (Wildman–Crippen MR) is 89.8 cm³/mol. The third-order valence-electron chi connectivity index (χ3n) is 3.44. The fraction of sp³-hybridized carbons (Fsp3) is 0.412. The van der Waals surface area contributed by atoms with Crippen LogP contribution in [-0.2, 0) is 11.8 Å². The van der Waals surface area contributed by atoms with Crippen LogP contribution in [0.5, 0.6) is 0 Å². The van der Waals surface area contributed by atoms with E-state index < -0.39 is 0 Å². The van der Waals surface area contributed by atoms with Gasteiger partial charge in [0, 0.05) is 16.9 Å². The number of anilines is 1. The summed E-state index contributed by atoms with van der Waals surface area (Å²) in [7, 11) is 0. The van der Waals surface area contributed by atoms with E-state index in [2.05, 4.69) is 55.0 Å². The van der Waals surface area contributed by atoms with Gasteiger partial charge in [0.25, 0.3) is 0 Å². The first-order valence-electron chi connectivity index (χ1n) is 7.22. The lowest BCUT2D eigenvalue weighted by atomic mass is 9.87. The monoisotopic (exact) mass is 301 g/mol. The molecule has 0 fully saturated rings. The summed E-state index contributed by atoms with van der Waals surface area (Å²) in [5.41, 5.74) is 8.43. The fourth-order valence-corrected chi connectivity index (χ4v) is 2.85. The van der Waals surface area contributed by atoms with Gasteiger partial charge in [-0.25, -0.2) is 9.97 Å². The molecule has 2 aromatic rings. The molecule has 2 N–H and O–H groups in total. The van der Waals surface area contributed by atoms with Gasteiger partial charge in [-0.2, -0.15) is 0 Å². The maximum absolute atomic E-state index is 5.97. The van der Waals surface area contributed by atoms with Gasteiger partial charge in [0.05, 0.1) is 0 Å². The number of nitrogens with zero attached hydrogens (tertiary/aromatic N) is 2. The highest BCUT2D eigenvalue weighted by atomic mass is 32.2. The van der Waals surface area contributed by atoms with Crippen LogP contribution in [0.25, 0.3) is 0 Å². The van der Waals surface area contributed by atoms with Crippen LogP contribution in [0.15, 0.2) is 34.2 Å². The molecule has 0 amide bonds. The maximum atomic E-state index is 5.97. The Morgan fingerprint density at radius 3 is 2.24 bits per heavy atom. The number of hydrogen-bond acceptors (Lipinski definition) is 4. The number of aromatic nitrogens is 2. The summed E-state index contributed by atoms with van der Waals surface area (Å²) in [6.07, 6.45) is 0.793. The third-order valence-corrected chi connectivity index (χ3v) is 4.53. The van der Waals surface area contributed by atoms with Crippen molar-refractivity contribution in [1.82, 2.24) is 9.97 Å². The second-order valence-electron chi connectivity index (χ2n) is 6.19. The first-order chi connectivity index (χ1) is 9.81. The van der Waals surface area contributed by atoms with E-state index in [1.165, 1.54) is 10.5 Å². The molecule has 0 saturated heterocycles. The third kappa shape index (κ3) is 3.76. The average molecular weight is 301 g/mol. The lowest BCUT2D eigenvalue weighted by molar-refractivity contribution is 0.590. The molecule has 0 atom stereocenters. The van der Waals surface area contributed by atoms with Crippen molar-refractivity contribution in [2.45, 2.75) is 56.4 Å². The van der Waals surface area contributed by atoms with Crippen LogP contribution >= 0.6 is 11.8 Å². The molecule has 0 aliphatic heterocycles. The first kappa shape index (κ1) is 15.8. The topological polar surface area (TPSA) is 51.8 Å². The van der Waals surface area contributed by atoms with Crippen molar-refractivity contribution < 1.29 is 0 Å². The Morgan fingerprint density at radius 2 is 1.71 bits per heavy atom. The summed E-state index contributed by atoms with van der Waals surface area (Å²) >= 11 is 1.65. The second kappa shape index (κ2) is 6.06. The number of benzene rings is 1. The van der Waals surface area contributed by atoms with Crippen molar-refractivity contribution in [3.63, 3.8) is 0 Å². The zero-order chi connectivity index (χ0) is 15.6. The normalized spacial score (nSPS) is 11.7. The van der Waals surface area contributed by atoms with E-state index in [1.807, 2.05) is 13.8 Å². The quantitative estimate of drug-likeness (QED) is 0.855. The summed E-state index contributed by atoms with van der Waals surface area (Å²) in [4.78, 5) is 10.1. The lowest BCUT2D eigenvalue weighted by Crippen LogP contribution is -2.10. The summed E-state index contributed by atoms with van der Waals surface area (Å²) < 4.78 is 0. The van der Waals surface area contributed by atoms with Crippen LogP contribution in [-0.4, -0.2) is 9.97 Å². The molecule has 0 bridgehead atoms. The standard InChI is InChI=1S/C17H23N3S/c1-6-14-19-15(18)11(2)16(20-14)21-13-9-7-12(8-10-13)17(3,4)5/h7-10H,6H2,1-5H3,(H2,18,19,20). The highest BCUT2D eigenvalue weighted by Crippen LogP contribution is 2.32. The smallest absolute Gasteiger partial charge is 0.131 e. The Morgan fingerprint density at radius 1 is 1.10 bits per heavy atom. The maximum Gasteiger partial charge on any atom is 0.131 e. The molecule has 1 aromatic heterocycles. The minimum atomic E-state index is 0.174. The number of nitrogens with two attached hydrogens (primary N) is 1. The molecule has 0 radical (unpaired) electrons. The van der Waals surface area contributed by atoms with Crippen LogP contribution in [0.2, 0.25) is 0 Å². The summed E-state index contributed by atoms with van der Waals surface area (Å²) in [5.74, 6) is 1.38. The molecule has 3 nitrogen and oxygen atoms in total. The van der Waals surface area contributed by atoms with E-state index in [0.29, 0.717) is 5.82 Å². The van der Waals surface area contributed by atoms with Crippen LogP contribution in [0.1, 0.15) is 44.6 Å². The predicted octanol–water partition coefficient (Wildman–Crippen LogP) is 4.38. The molecule has 0 aliphatic carbocycles. The lowest BCUT2D eigenvalue weighted by Gasteiger charge is -2.19. The summed E-state index contributed by atoms with van der Waals surface area (Å²) in [6, 6.07) is 8.66. The second-order valence-corrected chi connectivity index (χ2v) is 7.25. The summed E-state index contributed by atoms with van der Waals surface area (Å²) in [6.45, 7) is 10.7. The molecule has 0 spiro atoms. The summed E-state index contributed by atoms with van der Waals surface area (Å²) in [5, 5.41) is 0.947. The number of rotatable bonds is 3. The van der Waals surface area contributed by atoms with E-state index in [-0.39, 0.29) is 5.41 Å². The van der Waals surface area contributed by atoms with Crippen molar-refractivity contribution in [1.29, 1.82) is 0 Å². The van der Waals surface area contributed by atoms with Gasteiger partial charge in [0.1, 0.15) is 16.7 Å². The van der Waals surface area contributed by atoms with Crippen molar-refractivity contribution in [3.8, 4) is 0 Å². The van der Waals surface area contributed by atoms with Crippen molar-refractivity contribution in [2.24, 2.45) is 0 Å². The number of aryl methyl sites for hydroxylation is 1. The molecule has 1 aromatic carbocycles. The van der Waals surface area contributed by atoms with Crippen LogP contribution in [0.4, 0.5) is 5.82 Å². The molecular formula is C17H23N3S. The Balaban J connectivity index is 2.28. The molecule has 1 heterocycles.